The van der Waals surface area contributed by atoms with E-state index in [2.05, 4.69) is 4.98 Å². The zero-order valence-corrected chi connectivity index (χ0v) is 7.14. The van der Waals surface area contributed by atoms with Gasteiger partial charge in [0.1, 0.15) is 5.52 Å². The number of hydrogen-bond acceptors (Lipinski definition) is 1. The van der Waals surface area contributed by atoms with Gasteiger partial charge in [0.05, 0.1) is 17.0 Å². The summed E-state index contributed by atoms with van der Waals surface area (Å²) in [5.74, 6) is -0.408. The maximum Gasteiger partial charge on any atom is 0.167 e. The highest BCUT2D eigenvalue weighted by Gasteiger charge is 2.08. The molecule has 2 aromatic heterocycles. The summed E-state index contributed by atoms with van der Waals surface area (Å²) in [6.45, 7) is 1.74. The summed E-state index contributed by atoms with van der Waals surface area (Å²) in [5.41, 5.74) is 1.09. The summed E-state index contributed by atoms with van der Waals surface area (Å²) >= 11 is 5.60. The lowest BCUT2D eigenvalue weighted by Gasteiger charge is -1.97. The van der Waals surface area contributed by atoms with E-state index in [1.807, 2.05) is 0 Å². The molecule has 0 unspecified atom stereocenters. The van der Waals surface area contributed by atoms with E-state index in [1.54, 1.807) is 23.8 Å². The second-order valence-electron chi connectivity index (χ2n) is 2.56. The number of halogens is 2. The lowest BCUT2D eigenvalue weighted by molar-refractivity contribution is 0.633. The molecule has 2 aromatic rings. The highest BCUT2D eigenvalue weighted by molar-refractivity contribution is 6.31. The van der Waals surface area contributed by atoms with Crippen molar-refractivity contribution in [1.29, 1.82) is 0 Å². The van der Waals surface area contributed by atoms with Gasteiger partial charge in [0, 0.05) is 6.20 Å². The zero-order valence-electron chi connectivity index (χ0n) is 6.38. The van der Waals surface area contributed by atoms with Crippen LogP contribution < -0.4 is 0 Å². The molecule has 0 amide bonds. The highest BCUT2D eigenvalue weighted by atomic mass is 35.5. The average Bonchev–Trinajstić information content (AvgIpc) is 2.41. The van der Waals surface area contributed by atoms with E-state index in [1.165, 1.54) is 6.07 Å². The van der Waals surface area contributed by atoms with Gasteiger partial charge in [-0.25, -0.2) is 9.37 Å². The first-order valence-corrected chi connectivity index (χ1v) is 3.85. The maximum atomic E-state index is 13.3. The molecule has 4 heteroatoms. The number of pyridine rings is 1. The van der Waals surface area contributed by atoms with Gasteiger partial charge in [0.2, 0.25) is 0 Å². The summed E-state index contributed by atoms with van der Waals surface area (Å²) in [7, 11) is 0. The summed E-state index contributed by atoms with van der Waals surface area (Å²) in [4.78, 5) is 3.96. The summed E-state index contributed by atoms with van der Waals surface area (Å²) in [5, 5.41) is 0.131. The second kappa shape index (κ2) is 2.45. The van der Waals surface area contributed by atoms with Gasteiger partial charge >= 0.3 is 0 Å². The van der Waals surface area contributed by atoms with Crippen molar-refractivity contribution in [3.63, 3.8) is 0 Å². The Morgan fingerprint density at radius 1 is 1.58 bits per heavy atom. The van der Waals surface area contributed by atoms with Crippen LogP contribution >= 0.6 is 11.6 Å². The number of imidazole rings is 1. The van der Waals surface area contributed by atoms with Crippen molar-refractivity contribution in [2.24, 2.45) is 0 Å². The van der Waals surface area contributed by atoms with Gasteiger partial charge in [-0.3, -0.25) is 0 Å². The first-order valence-electron chi connectivity index (χ1n) is 3.47. The van der Waals surface area contributed by atoms with Crippen LogP contribution in [0.25, 0.3) is 5.52 Å². The van der Waals surface area contributed by atoms with E-state index in [9.17, 15) is 4.39 Å². The van der Waals surface area contributed by atoms with Gasteiger partial charge in [-0.15, -0.1) is 0 Å². The van der Waals surface area contributed by atoms with Crippen LogP contribution in [0.4, 0.5) is 4.39 Å². The van der Waals surface area contributed by atoms with Crippen molar-refractivity contribution in [3.8, 4) is 0 Å². The van der Waals surface area contributed by atoms with Gasteiger partial charge < -0.3 is 4.40 Å². The Morgan fingerprint density at radius 3 is 3.08 bits per heavy atom. The molecule has 2 heterocycles. The molecule has 0 atom stereocenters. The van der Waals surface area contributed by atoms with Crippen molar-refractivity contribution < 1.29 is 4.39 Å². The molecule has 0 aliphatic heterocycles. The van der Waals surface area contributed by atoms with Crippen LogP contribution in [-0.2, 0) is 0 Å². The highest BCUT2D eigenvalue weighted by Crippen LogP contribution is 2.20. The fourth-order valence-corrected chi connectivity index (χ4v) is 1.32. The van der Waals surface area contributed by atoms with E-state index in [-0.39, 0.29) is 5.02 Å². The van der Waals surface area contributed by atoms with Crippen molar-refractivity contribution in [3.05, 3.63) is 35.1 Å². The number of aryl methyl sites for hydroxylation is 1. The monoisotopic (exact) mass is 184 g/mol. The SMILES string of the molecule is Cc1ncn2ccc(Cl)c(F)c12. The van der Waals surface area contributed by atoms with Crippen LogP contribution in [0.1, 0.15) is 5.69 Å². The first-order chi connectivity index (χ1) is 5.70. The lowest BCUT2D eigenvalue weighted by Crippen LogP contribution is -1.87. The third-order valence-electron chi connectivity index (χ3n) is 1.78. The summed E-state index contributed by atoms with van der Waals surface area (Å²) in [6.07, 6.45) is 3.24. The number of rotatable bonds is 0. The van der Waals surface area contributed by atoms with E-state index in [0.29, 0.717) is 11.2 Å². The molecule has 2 rings (SSSR count). The molecule has 0 saturated heterocycles. The molecule has 0 saturated carbocycles. The Balaban J connectivity index is 2.96. The fourth-order valence-electron chi connectivity index (χ4n) is 1.17. The molecule has 2 nitrogen and oxygen atoms in total. The topological polar surface area (TPSA) is 17.3 Å². The predicted octanol–water partition coefficient (Wildman–Crippen LogP) is 2.44. The van der Waals surface area contributed by atoms with Crippen LogP contribution in [0.3, 0.4) is 0 Å². The van der Waals surface area contributed by atoms with Crippen LogP contribution in [0, 0.1) is 12.7 Å². The lowest BCUT2D eigenvalue weighted by atomic mass is 10.3. The molecule has 12 heavy (non-hydrogen) atoms. The van der Waals surface area contributed by atoms with Crippen molar-refractivity contribution in [1.82, 2.24) is 9.38 Å². The molecule has 0 fully saturated rings. The van der Waals surface area contributed by atoms with E-state index < -0.39 is 5.82 Å². The normalized spacial score (nSPS) is 10.9. The summed E-state index contributed by atoms with van der Waals surface area (Å²) in [6, 6.07) is 1.50. The Hall–Kier alpha value is -1.09. The predicted molar refractivity (Wildman–Crippen MR) is 44.9 cm³/mol. The molecule has 0 spiro atoms. The maximum absolute atomic E-state index is 13.3. The molecule has 62 valence electrons. The minimum absolute atomic E-state index is 0.131. The van der Waals surface area contributed by atoms with Crippen molar-refractivity contribution >= 4 is 17.1 Å². The number of nitrogens with zero attached hydrogens (tertiary/aromatic N) is 2. The molecular formula is C8H6ClFN2. The standard InChI is InChI=1S/C8H6ClFN2/c1-5-8-7(10)6(9)2-3-12(8)4-11-5/h2-4H,1H3. The number of fused-ring (bicyclic) bond motifs is 1. The van der Waals surface area contributed by atoms with Gasteiger partial charge in [0.15, 0.2) is 5.82 Å². The molecule has 0 bridgehead atoms. The largest absolute Gasteiger partial charge is 0.303 e. The molecule has 0 radical (unpaired) electrons. The molecule has 0 aromatic carbocycles. The molecular weight excluding hydrogens is 179 g/mol. The van der Waals surface area contributed by atoms with Crippen LogP contribution in [0.2, 0.25) is 5.02 Å². The van der Waals surface area contributed by atoms with Gasteiger partial charge in [-0.2, -0.15) is 0 Å². The van der Waals surface area contributed by atoms with E-state index in [4.69, 9.17) is 11.6 Å². The Labute approximate surface area is 73.6 Å². The Kier molecular flexibility index (Phi) is 1.54. The molecule has 0 N–H and O–H groups in total. The Bertz CT molecular complexity index is 436. The van der Waals surface area contributed by atoms with Gasteiger partial charge in [-0.05, 0) is 13.0 Å². The second-order valence-corrected chi connectivity index (χ2v) is 2.97. The van der Waals surface area contributed by atoms with E-state index in [0.717, 1.165) is 0 Å². The number of aromatic nitrogens is 2. The molecule has 0 aliphatic rings. The minimum Gasteiger partial charge on any atom is -0.303 e. The van der Waals surface area contributed by atoms with Gasteiger partial charge in [0.25, 0.3) is 0 Å². The fraction of sp³-hybridized carbons (Fsp3) is 0.125. The van der Waals surface area contributed by atoms with Crippen molar-refractivity contribution in [2.75, 3.05) is 0 Å². The third kappa shape index (κ3) is 0.898. The number of hydrogen-bond donors (Lipinski definition) is 0. The quantitative estimate of drug-likeness (QED) is 0.615. The summed E-state index contributed by atoms with van der Waals surface area (Å²) < 4.78 is 14.9. The van der Waals surface area contributed by atoms with Gasteiger partial charge in [-0.1, -0.05) is 11.6 Å². The smallest absolute Gasteiger partial charge is 0.167 e. The van der Waals surface area contributed by atoms with Crippen LogP contribution in [-0.4, -0.2) is 9.38 Å². The van der Waals surface area contributed by atoms with E-state index >= 15 is 0 Å². The zero-order chi connectivity index (χ0) is 8.72. The Morgan fingerprint density at radius 2 is 2.33 bits per heavy atom. The molecule has 0 aliphatic carbocycles. The van der Waals surface area contributed by atoms with Crippen LogP contribution in [0.5, 0.6) is 0 Å². The minimum atomic E-state index is -0.408. The third-order valence-corrected chi connectivity index (χ3v) is 2.07. The first kappa shape index (κ1) is 7.55. The van der Waals surface area contributed by atoms with Crippen molar-refractivity contribution in [2.45, 2.75) is 6.92 Å². The van der Waals surface area contributed by atoms with Crippen LogP contribution in [0.15, 0.2) is 18.6 Å². The average molecular weight is 185 g/mol.